The molecule has 6 nitrogen and oxygen atoms in total. The molecule has 2 amide bonds. The lowest BCUT2D eigenvalue weighted by Gasteiger charge is -2.20. The summed E-state index contributed by atoms with van der Waals surface area (Å²) in [6, 6.07) is 3.17. The second-order valence-electron chi connectivity index (χ2n) is 5.46. The Morgan fingerprint density at radius 3 is 2.43 bits per heavy atom. The number of carbonyl (C=O) groups is 2. The number of hydrogen-bond donors (Lipinski definition) is 3. The van der Waals surface area contributed by atoms with Crippen LogP contribution in [-0.2, 0) is 0 Å². The van der Waals surface area contributed by atoms with Crippen LogP contribution in [0.5, 0.6) is 0 Å². The fraction of sp³-hybridized carbons (Fsp3) is 0.467. The van der Waals surface area contributed by atoms with Crippen molar-refractivity contribution in [1.82, 2.24) is 10.2 Å². The Kier molecular flexibility index (Phi) is 5.72. The van der Waals surface area contributed by atoms with E-state index in [0.717, 1.165) is 11.1 Å². The van der Waals surface area contributed by atoms with Crippen molar-refractivity contribution in [3.8, 4) is 0 Å². The molecular weight excluding hydrogens is 270 g/mol. The molecule has 1 aromatic carbocycles. The molecule has 0 saturated carbocycles. The number of nitrogens with zero attached hydrogens (tertiary/aromatic N) is 1. The van der Waals surface area contributed by atoms with Crippen molar-refractivity contribution in [2.75, 3.05) is 26.0 Å². The van der Waals surface area contributed by atoms with Crippen LogP contribution in [0.15, 0.2) is 12.1 Å². The van der Waals surface area contributed by atoms with Crippen LogP contribution in [0.2, 0.25) is 0 Å². The van der Waals surface area contributed by atoms with E-state index >= 15 is 0 Å². The van der Waals surface area contributed by atoms with E-state index in [1.165, 1.54) is 0 Å². The average Bonchev–Trinajstić information content (AvgIpc) is 2.38. The van der Waals surface area contributed by atoms with E-state index < -0.39 is 12.0 Å². The molecule has 116 valence electrons. The predicted molar refractivity (Wildman–Crippen MR) is 83.0 cm³/mol. The molecule has 1 atom stereocenters. The Labute approximate surface area is 125 Å². The lowest BCUT2D eigenvalue weighted by atomic mass is 10.0. The summed E-state index contributed by atoms with van der Waals surface area (Å²) in [7, 11) is 3.85. The highest BCUT2D eigenvalue weighted by atomic mass is 16.4. The Balaban J connectivity index is 2.83. The Morgan fingerprint density at radius 2 is 1.90 bits per heavy atom. The van der Waals surface area contributed by atoms with Gasteiger partial charge < -0.3 is 20.6 Å². The third-order valence-corrected chi connectivity index (χ3v) is 3.39. The van der Waals surface area contributed by atoms with E-state index in [1.54, 1.807) is 13.0 Å². The largest absolute Gasteiger partial charge is 0.478 e. The summed E-state index contributed by atoms with van der Waals surface area (Å²) in [5.41, 5.74) is 2.01. The number of anilines is 1. The van der Waals surface area contributed by atoms with Gasteiger partial charge in [-0.05, 0) is 52.1 Å². The summed E-state index contributed by atoms with van der Waals surface area (Å²) < 4.78 is 0. The summed E-state index contributed by atoms with van der Waals surface area (Å²) in [4.78, 5) is 25.2. The fourth-order valence-electron chi connectivity index (χ4n) is 1.88. The molecule has 0 heterocycles. The van der Waals surface area contributed by atoms with Crippen LogP contribution in [0.3, 0.4) is 0 Å². The quantitative estimate of drug-likeness (QED) is 0.776. The Hall–Kier alpha value is -2.08. The molecule has 1 rings (SSSR count). The van der Waals surface area contributed by atoms with E-state index in [2.05, 4.69) is 10.6 Å². The van der Waals surface area contributed by atoms with Crippen LogP contribution in [-0.4, -0.2) is 48.7 Å². The second-order valence-corrected chi connectivity index (χ2v) is 5.46. The Bertz CT molecular complexity index is 541. The van der Waals surface area contributed by atoms with Gasteiger partial charge in [-0.15, -0.1) is 0 Å². The topological polar surface area (TPSA) is 81.7 Å². The molecule has 0 saturated heterocycles. The van der Waals surface area contributed by atoms with Crippen molar-refractivity contribution in [2.45, 2.75) is 26.8 Å². The van der Waals surface area contributed by atoms with E-state index in [-0.39, 0.29) is 11.6 Å². The lowest BCUT2D eigenvalue weighted by Crippen LogP contribution is -2.40. The summed E-state index contributed by atoms with van der Waals surface area (Å²) in [5.74, 6) is -1.06. The molecule has 6 heteroatoms. The van der Waals surface area contributed by atoms with Gasteiger partial charge in [-0.2, -0.15) is 0 Å². The highest BCUT2D eigenvalue weighted by Gasteiger charge is 2.16. The summed E-state index contributed by atoms with van der Waals surface area (Å²) >= 11 is 0. The zero-order chi connectivity index (χ0) is 16.2. The first kappa shape index (κ1) is 17.0. The van der Waals surface area contributed by atoms with E-state index in [0.29, 0.717) is 12.2 Å². The number of urea groups is 1. The maximum absolute atomic E-state index is 11.9. The van der Waals surface area contributed by atoms with Crippen molar-refractivity contribution < 1.29 is 14.7 Å². The van der Waals surface area contributed by atoms with Crippen LogP contribution in [0.25, 0.3) is 0 Å². The molecule has 1 unspecified atom stereocenters. The normalized spacial score (nSPS) is 12.1. The van der Waals surface area contributed by atoms with E-state index in [1.807, 2.05) is 38.9 Å². The third-order valence-electron chi connectivity index (χ3n) is 3.39. The summed E-state index contributed by atoms with van der Waals surface area (Å²) in [5, 5.41) is 14.6. The number of benzene rings is 1. The van der Waals surface area contributed by atoms with Gasteiger partial charge in [0.2, 0.25) is 0 Å². The Morgan fingerprint density at radius 1 is 1.29 bits per heavy atom. The first-order valence-electron chi connectivity index (χ1n) is 6.78. The van der Waals surface area contributed by atoms with Crippen molar-refractivity contribution in [1.29, 1.82) is 0 Å². The third kappa shape index (κ3) is 4.75. The van der Waals surface area contributed by atoms with Gasteiger partial charge in [0.15, 0.2) is 0 Å². The molecule has 0 aliphatic heterocycles. The molecule has 0 bridgehead atoms. The number of rotatable bonds is 5. The molecule has 0 aliphatic rings. The number of hydrogen-bond acceptors (Lipinski definition) is 3. The molecule has 0 radical (unpaired) electrons. The number of nitrogens with one attached hydrogen (secondary N) is 2. The number of likely N-dealkylation sites (N-methyl/N-ethyl adjacent to an activating group) is 1. The van der Waals surface area contributed by atoms with Gasteiger partial charge in [0, 0.05) is 12.6 Å². The zero-order valence-corrected chi connectivity index (χ0v) is 13.2. The standard InChI is InChI=1S/C15H23N3O3/c1-9-6-10(2)13(12(7-9)14(19)20)17-15(21)16-8-11(3)18(4)5/h6-7,11H,8H2,1-5H3,(H,19,20)(H2,16,17,21). The van der Waals surface area contributed by atoms with Gasteiger partial charge in [-0.25, -0.2) is 9.59 Å². The number of carboxylic acid groups (broad SMARTS) is 1. The van der Waals surface area contributed by atoms with Crippen LogP contribution < -0.4 is 10.6 Å². The number of amides is 2. The molecule has 0 spiro atoms. The van der Waals surface area contributed by atoms with Gasteiger partial charge in [-0.1, -0.05) is 6.07 Å². The van der Waals surface area contributed by atoms with Crippen molar-refractivity contribution in [2.24, 2.45) is 0 Å². The molecule has 0 fully saturated rings. The first-order chi connectivity index (χ1) is 9.72. The smallest absolute Gasteiger partial charge is 0.337 e. The first-order valence-corrected chi connectivity index (χ1v) is 6.78. The van der Waals surface area contributed by atoms with Crippen LogP contribution >= 0.6 is 0 Å². The zero-order valence-electron chi connectivity index (χ0n) is 13.2. The minimum absolute atomic E-state index is 0.100. The molecule has 0 aliphatic carbocycles. The van der Waals surface area contributed by atoms with E-state index in [4.69, 9.17) is 0 Å². The van der Waals surface area contributed by atoms with Crippen LogP contribution in [0.1, 0.15) is 28.4 Å². The highest BCUT2D eigenvalue weighted by molar-refractivity contribution is 6.01. The van der Waals surface area contributed by atoms with Crippen molar-refractivity contribution >= 4 is 17.7 Å². The van der Waals surface area contributed by atoms with E-state index in [9.17, 15) is 14.7 Å². The van der Waals surface area contributed by atoms with Crippen molar-refractivity contribution in [3.05, 3.63) is 28.8 Å². The van der Waals surface area contributed by atoms with Gasteiger partial charge >= 0.3 is 12.0 Å². The number of carbonyl (C=O) groups excluding carboxylic acids is 1. The fourth-order valence-corrected chi connectivity index (χ4v) is 1.88. The summed E-state index contributed by atoms with van der Waals surface area (Å²) in [6.45, 7) is 6.06. The molecule has 1 aromatic rings. The van der Waals surface area contributed by atoms with Gasteiger partial charge in [0.25, 0.3) is 0 Å². The second kappa shape index (κ2) is 7.08. The van der Waals surface area contributed by atoms with Gasteiger partial charge in [-0.3, -0.25) is 0 Å². The van der Waals surface area contributed by atoms with Crippen LogP contribution in [0, 0.1) is 13.8 Å². The molecule has 0 aromatic heterocycles. The minimum atomic E-state index is -1.06. The minimum Gasteiger partial charge on any atom is -0.478 e. The predicted octanol–water partition coefficient (Wildman–Crippen LogP) is 2.07. The number of aromatic carboxylic acids is 1. The lowest BCUT2D eigenvalue weighted by molar-refractivity contribution is 0.0698. The van der Waals surface area contributed by atoms with Crippen molar-refractivity contribution in [3.63, 3.8) is 0 Å². The van der Waals surface area contributed by atoms with Gasteiger partial charge in [0.05, 0.1) is 11.3 Å². The number of aryl methyl sites for hydroxylation is 2. The molecule has 21 heavy (non-hydrogen) atoms. The average molecular weight is 293 g/mol. The molecule has 3 N–H and O–H groups in total. The molecular formula is C15H23N3O3. The SMILES string of the molecule is Cc1cc(C)c(NC(=O)NCC(C)N(C)C)c(C(=O)O)c1. The highest BCUT2D eigenvalue weighted by Crippen LogP contribution is 2.22. The van der Waals surface area contributed by atoms with Gasteiger partial charge in [0.1, 0.15) is 0 Å². The number of carboxylic acids is 1. The summed E-state index contributed by atoms with van der Waals surface area (Å²) in [6.07, 6.45) is 0. The maximum Gasteiger partial charge on any atom is 0.337 e. The van der Waals surface area contributed by atoms with Crippen LogP contribution in [0.4, 0.5) is 10.5 Å². The maximum atomic E-state index is 11.9. The monoisotopic (exact) mass is 293 g/mol.